The van der Waals surface area contributed by atoms with Gasteiger partial charge in [0, 0.05) is 11.0 Å². The summed E-state index contributed by atoms with van der Waals surface area (Å²) in [5, 5.41) is 7.44. The number of carbonyl (C=O) groups excluding carboxylic acids is 1. The van der Waals surface area contributed by atoms with Gasteiger partial charge < -0.3 is 10.1 Å². The van der Waals surface area contributed by atoms with E-state index in [-0.39, 0.29) is 28.6 Å². The third-order valence-corrected chi connectivity index (χ3v) is 4.28. The minimum atomic E-state index is -4.06. The number of ether oxygens (including phenoxy) is 1. The van der Waals surface area contributed by atoms with Gasteiger partial charge in [-0.3, -0.25) is 4.79 Å². The summed E-state index contributed by atoms with van der Waals surface area (Å²) in [5.74, 6) is -1.59. The second-order valence-electron chi connectivity index (χ2n) is 4.48. The molecular weight excluding hydrogens is 367 g/mol. The van der Waals surface area contributed by atoms with E-state index in [4.69, 9.17) is 9.88 Å². The molecule has 0 atom stereocenters. The highest BCUT2D eigenvalue weighted by atomic mass is 79.9. The lowest BCUT2D eigenvalue weighted by Gasteiger charge is -2.10. The molecule has 0 unspecified atom stereocenters. The summed E-state index contributed by atoms with van der Waals surface area (Å²) in [6.07, 6.45) is 0.0142. The zero-order valence-electron chi connectivity index (χ0n) is 11.5. The molecule has 0 saturated heterocycles. The van der Waals surface area contributed by atoms with E-state index in [1.165, 1.54) is 0 Å². The SMILES string of the molecule is CC(C)OCCNC(=O)c1cc(S(N)(=O)=O)c(Br)cc1F. The highest BCUT2D eigenvalue weighted by Crippen LogP contribution is 2.24. The predicted molar refractivity (Wildman–Crippen MR) is 78.9 cm³/mol. The van der Waals surface area contributed by atoms with E-state index < -0.39 is 27.3 Å². The minimum Gasteiger partial charge on any atom is -0.377 e. The van der Waals surface area contributed by atoms with Crippen molar-refractivity contribution in [3.8, 4) is 0 Å². The van der Waals surface area contributed by atoms with Gasteiger partial charge in [-0.25, -0.2) is 17.9 Å². The number of amides is 1. The number of carbonyl (C=O) groups is 1. The first-order chi connectivity index (χ1) is 9.62. The second kappa shape index (κ2) is 7.30. The van der Waals surface area contributed by atoms with Crippen molar-refractivity contribution >= 4 is 31.9 Å². The molecule has 0 heterocycles. The lowest BCUT2D eigenvalue weighted by molar-refractivity contribution is 0.0745. The molecule has 0 aliphatic heterocycles. The van der Waals surface area contributed by atoms with Crippen molar-refractivity contribution in [3.05, 3.63) is 28.0 Å². The average molecular weight is 383 g/mol. The Hall–Kier alpha value is -1.03. The molecule has 0 fully saturated rings. The molecule has 1 aromatic carbocycles. The summed E-state index contributed by atoms with van der Waals surface area (Å²) in [4.78, 5) is 11.5. The molecule has 0 aliphatic rings. The van der Waals surface area contributed by atoms with Crippen LogP contribution in [0, 0.1) is 5.82 Å². The summed E-state index contributed by atoms with van der Waals surface area (Å²) in [7, 11) is -4.06. The third kappa shape index (κ3) is 5.34. The van der Waals surface area contributed by atoms with Crippen LogP contribution in [0.15, 0.2) is 21.5 Å². The number of sulfonamides is 1. The Morgan fingerprint density at radius 3 is 2.62 bits per heavy atom. The number of primary sulfonamides is 1. The van der Waals surface area contributed by atoms with Crippen molar-refractivity contribution in [1.29, 1.82) is 0 Å². The molecule has 6 nitrogen and oxygen atoms in total. The Kier molecular flexibility index (Phi) is 6.26. The first-order valence-corrected chi connectivity index (χ1v) is 8.38. The van der Waals surface area contributed by atoms with Gasteiger partial charge in [0.15, 0.2) is 0 Å². The number of hydrogen-bond donors (Lipinski definition) is 2. The lowest BCUT2D eigenvalue weighted by Crippen LogP contribution is -2.29. The van der Waals surface area contributed by atoms with Crippen LogP contribution in [0.4, 0.5) is 4.39 Å². The van der Waals surface area contributed by atoms with Gasteiger partial charge in [0.05, 0.1) is 23.2 Å². The maximum Gasteiger partial charge on any atom is 0.254 e. The summed E-state index contributed by atoms with van der Waals surface area (Å²) >= 11 is 2.90. The Balaban J connectivity index is 2.90. The second-order valence-corrected chi connectivity index (χ2v) is 6.87. The molecule has 0 radical (unpaired) electrons. The zero-order valence-corrected chi connectivity index (χ0v) is 13.9. The van der Waals surface area contributed by atoms with Crippen LogP contribution in [0.5, 0.6) is 0 Å². The Bertz CT molecular complexity index is 634. The number of nitrogens with one attached hydrogen (secondary N) is 1. The predicted octanol–water partition coefficient (Wildman–Crippen LogP) is 1.39. The molecule has 21 heavy (non-hydrogen) atoms. The van der Waals surface area contributed by atoms with E-state index in [2.05, 4.69) is 21.2 Å². The van der Waals surface area contributed by atoms with Gasteiger partial charge >= 0.3 is 0 Å². The van der Waals surface area contributed by atoms with Crippen LogP contribution in [0.3, 0.4) is 0 Å². The number of hydrogen-bond acceptors (Lipinski definition) is 4. The van der Waals surface area contributed by atoms with Gasteiger partial charge in [-0.05, 0) is 41.9 Å². The van der Waals surface area contributed by atoms with Crippen LogP contribution in [-0.2, 0) is 14.8 Å². The monoisotopic (exact) mass is 382 g/mol. The van der Waals surface area contributed by atoms with Crippen molar-refractivity contribution < 1.29 is 22.3 Å². The van der Waals surface area contributed by atoms with Gasteiger partial charge in [-0.15, -0.1) is 0 Å². The molecule has 0 aliphatic carbocycles. The fraction of sp³-hybridized carbons (Fsp3) is 0.417. The summed E-state index contributed by atoms with van der Waals surface area (Å²) in [6.45, 7) is 4.13. The van der Waals surface area contributed by atoms with Gasteiger partial charge in [-0.2, -0.15) is 0 Å². The number of rotatable bonds is 6. The summed E-state index contributed by atoms with van der Waals surface area (Å²) in [6, 6.07) is 1.78. The molecular formula is C12H16BrFN2O4S. The smallest absolute Gasteiger partial charge is 0.254 e. The fourth-order valence-electron chi connectivity index (χ4n) is 1.48. The van der Waals surface area contributed by atoms with E-state index >= 15 is 0 Å². The molecule has 0 spiro atoms. The van der Waals surface area contributed by atoms with Crippen LogP contribution in [0.25, 0.3) is 0 Å². The van der Waals surface area contributed by atoms with Crippen molar-refractivity contribution in [2.45, 2.75) is 24.8 Å². The summed E-state index contributed by atoms with van der Waals surface area (Å²) in [5.41, 5.74) is -0.397. The van der Waals surface area contributed by atoms with E-state index in [9.17, 15) is 17.6 Å². The first-order valence-electron chi connectivity index (χ1n) is 6.04. The Morgan fingerprint density at radius 1 is 1.48 bits per heavy atom. The van der Waals surface area contributed by atoms with Crippen molar-refractivity contribution in [2.24, 2.45) is 5.14 Å². The number of benzene rings is 1. The van der Waals surface area contributed by atoms with Crippen LogP contribution in [-0.4, -0.2) is 33.6 Å². The third-order valence-electron chi connectivity index (χ3n) is 2.41. The van der Waals surface area contributed by atoms with Crippen LogP contribution < -0.4 is 10.5 Å². The molecule has 0 bridgehead atoms. The largest absolute Gasteiger partial charge is 0.377 e. The first kappa shape index (κ1) is 18.0. The standard InChI is InChI=1S/C12H16BrFN2O4S/c1-7(2)20-4-3-16-12(17)8-5-11(21(15,18)19)9(13)6-10(8)14/h5-7H,3-4H2,1-2H3,(H,16,17)(H2,15,18,19). The molecule has 0 saturated carbocycles. The molecule has 3 N–H and O–H groups in total. The number of nitrogens with two attached hydrogens (primary N) is 1. The van der Waals surface area contributed by atoms with E-state index in [0.29, 0.717) is 0 Å². The van der Waals surface area contributed by atoms with Gasteiger partial charge in [0.2, 0.25) is 10.0 Å². The van der Waals surface area contributed by atoms with Crippen LogP contribution >= 0.6 is 15.9 Å². The van der Waals surface area contributed by atoms with Crippen LogP contribution in [0.1, 0.15) is 24.2 Å². The maximum atomic E-state index is 13.7. The fourth-order valence-corrected chi connectivity index (χ4v) is 3.08. The topological polar surface area (TPSA) is 98.5 Å². The quantitative estimate of drug-likeness (QED) is 0.726. The van der Waals surface area contributed by atoms with E-state index in [1.807, 2.05) is 13.8 Å². The highest BCUT2D eigenvalue weighted by Gasteiger charge is 2.20. The average Bonchev–Trinajstić information content (AvgIpc) is 2.32. The molecule has 118 valence electrons. The number of halogens is 2. The maximum absolute atomic E-state index is 13.7. The highest BCUT2D eigenvalue weighted by molar-refractivity contribution is 9.10. The van der Waals surface area contributed by atoms with Crippen molar-refractivity contribution in [2.75, 3.05) is 13.2 Å². The molecule has 1 rings (SSSR count). The minimum absolute atomic E-state index is 0.0142. The lowest BCUT2D eigenvalue weighted by atomic mass is 10.2. The Labute approximate surface area is 131 Å². The van der Waals surface area contributed by atoms with E-state index in [1.54, 1.807) is 0 Å². The molecule has 1 aromatic rings. The van der Waals surface area contributed by atoms with Crippen molar-refractivity contribution in [3.63, 3.8) is 0 Å². The van der Waals surface area contributed by atoms with Gasteiger partial charge in [-0.1, -0.05) is 0 Å². The van der Waals surface area contributed by atoms with E-state index in [0.717, 1.165) is 12.1 Å². The molecule has 0 aromatic heterocycles. The van der Waals surface area contributed by atoms with Crippen molar-refractivity contribution in [1.82, 2.24) is 5.32 Å². The molecule has 9 heteroatoms. The molecule has 1 amide bonds. The van der Waals surface area contributed by atoms with Gasteiger partial charge in [0.1, 0.15) is 5.82 Å². The normalized spacial score (nSPS) is 11.7. The zero-order chi connectivity index (χ0) is 16.2. The van der Waals surface area contributed by atoms with Gasteiger partial charge in [0.25, 0.3) is 5.91 Å². The Morgan fingerprint density at radius 2 is 2.10 bits per heavy atom. The van der Waals surface area contributed by atoms with Crippen LogP contribution in [0.2, 0.25) is 0 Å². The summed E-state index contributed by atoms with van der Waals surface area (Å²) < 4.78 is 41.6.